The fraction of sp³-hybridized carbons (Fsp3) is 0.455. The summed E-state index contributed by atoms with van der Waals surface area (Å²) in [6, 6.07) is 16.7. The third-order valence-electron chi connectivity index (χ3n) is 5.80. The van der Waals surface area contributed by atoms with E-state index in [2.05, 4.69) is 78.0 Å². The van der Waals surface area contributed by atoms with Crippen molar-refractivity contribution in [1.82, 2.24) is 10.2 Å². The quantitative estimate of drug-likeness (QED) is 0.795. The molecule has 0 spiro atoms. The second kappa shape index (κ2) is 7.63. The van der Waals surface area contributed by atoms with Gasteiger partial charge in [-0.05, 0) is 87.1 Å². The van der Waals surface area contributed by atoms with E-state index in [1.54, 1.807) is 0 Å². The summed E-state index contributed by atoms with van der Waals surface area (Å²) in [5, 5.41) is 3.89. The molecule has 0 radical (unpaired) electrons. The van der Waals surface area contributed by atoms with Crippen molar-refractivity contribution in [2.24, 2.45) is 0 Å². The van der Waals surface area contributed by atoms with Crippen LogP contribution in [-0.4, -0.2) is 38.1 Å². The number of anilines is 1. The number of nitrogens with zero attached hydrogens (tertiary/aromatic N) is 2. The Morgan fingerprint density at radius 1 is 1.12 bits per heavy atom. The number of hydrogen-bond acceptors (Lipinski definition) is 4. The highest BCUT2D eigenvalue weighted by atomic mass is 32.2. The maximum atomic E-state index is 3.89. The van der Waals surface area contributed by atoms with Gasteiger partial charge in [0.1, 0.15) is 0 Å². The Bertz CT molecular complexity index is 776. The number of para-hydroxylation sites is 1. The zero-order valence-electron chi connectivity index (χ0n) is 16.0. The van der Waals surface area contributed by atoms with E-state index < -0.39 is 0 Å². The van der Waals surface area contributed by atoms with Crippen molar-refractivity contribution in [3.63, 3.8) is 0 Å². The summed E-state index contributed by atoms with van der Waals surface area (Å²) in [6.07, 6.45) is 3.91. The lowest BCUT2D eigenvalue weighted by molar-refractivity contribution is 0.291. The Morgan fingerprint density at radius 3 is 2.77 bits per heavy atom. The molecule has 138 valence electrons. The first-order valence-electron chi connectivity index (χ1n) is 9.68. The van der Waals surface area contributed by atoms with Gasteiger partial charge in [0.15, 0.2) is 0 Å². The molecule has 2 aromatic rings. The van der Waals surface area contributed by atoms with E-state index in [9.17, 15) is 0 Å². The molecule has 2 unspecified atom stereocenters. The summed E-state index contributed by atoms with van der Waals surface area (Å²) in [7, 11) is 4.44. The van der Waals surface area contributed by atoms with Gasteiger partial charge in [-0.1, -0.05) is 30.3 Å². The number of fused-ring (bicyclic) bond motifs is 2. The van der Waals surface area contributed by atoms with E-state index in [0.29, 0.717) is 0 Å². The minimum atomic E-state index is 0.256. The van der Waals surface area contributed by atoms with Gasteiger partial charge in [-0.2, -0.15) is 0 Å². The van der Waals surface area contributed by atoms with E-state index in [4.69, 9.17) is 0 Å². The maximum Gasteiger partial charge on any atom is 0.0609 e. The highest BCUT2D eigenvalue weighted by molar-refractivity contribution is 8.00. The number of rotatable bonds is 4. The molecule has 1 saturated heterocycles. The van der Waals surface area contributed by atoms with Gasteiger partial charge in [-0.15, -0.1) is 0 Å². The van der Waals surface area contributed by atoms with Crippen LogP contribution in [0.2, 0.25) is 0 Å². The van der Waals surface area contributed by atoms with Crippen LogP contribution in [0.4, 0.5) is 5.69 Å². The highest BCUT2D eigenvalue weighted by Crippen LogP contribution is 2.43. The van der Waals surface area contributed by atoms with Crippen LogP contribution in [-0.2, 0) is 0 Å². The molecule has 26 heavy (non-hydrogen) atoms. The van der Waals surface area contributed by atoms with E-state index >= 15 is 0 Å². The molecule has 2 heterocycles. The van der Waals surface area contributed by atoms with Gasteiger partial charge >= 0.3 is 0 Å². The van der Waals surface area contributed by atoms with Crippen LogP contribution in [0.3, 0.4) is 0 Å². The molecule has 3 nitrogen and oxygen atoms in total. The predicted octanol–water partition coefficient (Wildman–Crippen LogP) is 4.62. The van der Waals surface area contributed by atoms with Crippen LogP contribution in [0, 0.1) is 6.92 Å². The third kappa shape index (κ3) is 3.51. The predicted molar refractivity (Wildman–Crippen MR) is 112 cm³/mol. The molecule has 4 rings (SSSR count). The number of benzene rings is 2. The maximum absolute atomic E-state index is 3.89. The second-order valence-electron chi connectivity index (χ2n) is 7.64. The summed E-state index contributed by atoms with van der Waals surface area (Å²) >= 11 is 1.84. The number of aryl methyl sites for hydroxylation is 1. The van der Waals surface area contributed by atoms with Crippen molar-refractivity contribution >= 4 is 17.6 Å². The van der Waals surface area contributed by atoms with E-state index in [0.717, 1.165) is 12.6 Å². The van der Waals surface area contributed by atoms with Gasteiger partial charge in [0, 0.05) is 18.0 Å². The van der Waals surface area contributed by atoms with Gasteiger partial charge in [0.05, 0.1) is 11.7 Å². The molecule has 1 fully saturated rings. The minimum Gasteiger partial charge on any atom is -0.315 e. The van der Waals surface area contributed by atoms with Crippen LogP contribution in [0.1, 0.15) is 42.0 Å². The summed E-state index contributed by atoms with van der Waals surface area (Å²) in [5.41, 5.74) is 5.41. The lowest BCUT2D eigenvalue weighted by atomic mass is 9.96. The minimum absolute atomic E-state index is 0.256. The third-order valence-corrected chi connectivity index (χ3v) is 6.82. The van der Waals surface area contributed by atoms with Gasteiger partial charge in [-0.3, -0.25) is 0 Å². The molecule has 2 aromatic carbocycles. The zero-order chi connectivity index (χ0) is 18.1. The number of nitrogens with one attached hydrogen (secondary N) is 1. The summed E-state index contributed by atoms with van der Waals surface area (Å²) in [6.45, 7) is 4.48. The van der Waals surface area contributed by atoms with Crippen LogP contribution < -0.4 is 9.62 Å². The van der Waals surface area contributed by atoms with Gasteiger partial charge in [0.25, 0.3) is 0 Å². The average Bonchev–Trinajstić information content (AvgIpc) is 3.00. The zero-order valence-corrected chi connectivity index (χ0v) is 16.9. The molecule has 0 saturated carbocycles. The van der Waals surface area contributed by atoms with Crippen molar-refractivity contribution in [3.05, 3.63) is 59.2 Å². The van der Waals surface area contributed by atoms with E-state index in [1.807, 2.05) is 11.9 Å². The molecule has 2 aliphatic rings. The normalized spacial score (nSPS) is 22.8. The molecule has 0 aliphatic carbocycles. The van der Waals surface area contributed by atoms with Crippen LogP contribution in [0.15, 0.2) is 47.4 Å². The molecule has 4 heteroatoms. The standard InChI is InChI=1S/C22H29N3S/c1-16-10-11-19-21(15-16)26-25(3)20-9-5-4-8-18(20)22(19)23-13-12-17-7-6-14-24(17)2/h4-5,8-11,15,17,22-23H,6-7,12-14H2,1-3H3. The van der Waals surface area contributed by atoms with Gasteiger partial charge < -0.3 is 14.5 Å². The van der Waals surface area contributed by atoms with Crippen molar-refractivity contribution in [2.75, 3.05) is 31.5 Å². The van der Waals surface area contributed by atoms with Crippen LogP contribution in [0.5, 0.6) is 0 Å². The molecular weight excluding hydrogens is 338 g/mol. The SMILES string of the molecule is Cc1ccc2c(c1)SN(C)c1ccccc1C2NCCC1CCCN1C. The summed E-state index contributed by atoms with van der Waals surface area (Å²) < 4.78 is 2.31. The lowest BCUT2D eigenvalue weighted by Crippen LogP contribution is -2.31. The second-order valence-corrected chi connectivity index (χ2v) is 8.81. The Morgan fingerprint density at radius 2 is 1.96 bits per heavy atom. The van der Waals surface area contributed by atoms with Gasteiger partial charge in [-0.25, -0.2) is 0 Å². The fourth-order valence-electron chi connectivity index (χ4n) is 4.30. The van der Waals surface area contributed by atoms with Gasteiger partial charge in [0.2, 0.25) is 0 Å². The Balaban J connectivity index is 1.62. The molecule has 0 aromatic heterocycles. The molecule has 2 atom stereocenters. The summed E-state index contributed by atoms with van der Waals surface area (Å²) in [4.78, 5) is 3.88. The molecule has 1 N–H and O–H groups in total. The summed E-state index contributed by atoms with van der Waals surface area (Å²) in [5.74, 6) is 0. The topological polar surface area (TPSA) is 18.5 Å². The Labute approximate surface area is 161 Å². The Kier molecular flexibility index (Phi) is 5.25. The lowest BCUT2D eigenvalue weighted by Gasteiger charge is -2.24. The van der Waals surface area contributed by atoms with Crippen LogP contribution in [0.25, 0.3) is 0 Å². The first-order valence-corrected chi connectivity index (χ1v) is 10.5. The van der Waals surface area contributed by atoms with Crippen molar-refractivity contribution in [3.8, 4) is 0 Å². The molecule has 2 aliphatic heterocycles. The van der Waals surface area contributed by atoms with E-state index in [-0.39, 0.29) is 6.04 Å². The van der Waals surface area contributed by atoms with Crippen molar-refractivity contribution in [1.29, 1.82) is 0 Å². The average molecular weight is 368 g/mol. The first kappa shape index (κ1) is 17.9. The fourth-order valence-corrected chi connectivity index (χ4v) is 5.39. The molecule has 0 bridgehead atoms. The number of likely N-dealkylation sites (tertiary alicyclic amines) is 1. The molecular formula is C22H29N3S. The smallest absolute Gasteiger partial charge is 0.0609 e. The largest absolute Gasteiger partial charge is 0.315 e. The highest BCUT2D eigenvalue weighted by Gasteiger charge is 2.27. The molecule has 0 amide bonds. The van der Waals surface area contributed by atoms with E-state index in [1.165, 1.54) is 53.1 Å². The monoisotopic (exact) mass is 367 g/mol. The van der Waals surface area contributed by atoms with Crippen molar-refractivity contribution in [2.45, 2.75) is 43.2 Å². The van der Waals surface area contributed by atoms with Crippen molar-refractivity contribution < 1.29 is 0 Å². The van der Waals surface area contributed by atoms with Crippen LogP contribution >= 0.6 is 11.9 Å². The first-order chi connectivity index (χ1) is 12.6. The number of hydrogen-bond donors (Lipinski definition) is 1. The Hall–Kier alpha value is -1.49.